The number of nitrogens with zero attached hydrogens (tertiary/aromatic N) is 1. The molecule has 0 bridgehead atoms. The van der Waals surface area contributed by atoms with Gasteiger partial charge in [-0.2, -0.15) is 13.2 Å². The summed E-state index contributed by atoms with van der Waals surface area (Å²) in [5.41, 5.74) is 2.02. The Morgan fingerprint density at radius 1 is 1.16 bits per heavy atom. The van der Waals surface area contributed by atoms with Crippen LogP contribution in [0.3, 0.4) is 0 Å². The van der Waals surface area contributed by atoms with Crippen molar-refractivity contribution in [3.05, 3.63) is 64.6 Å². The predicted octanol–water partition coefficient (Wildman–Crippen LogP) is 3.46. The number of anilines is 3. The summed E-state index contributed by atoms with van der Waals surface area (Å²) < 4.78 is 37.9. The molecule has 0 spiro atoms. The van der Waals surface area contributed by atoms with Crippen LogP contribution in [0.1, 0.15) is 5.56 Å². The third-order valence-corrected chi connectivity index (χ3v) is 4.56. The van der Waals surface area contributed by atoms with Gasteiger partial charge in [-0.1, -0.05) is 12.1 Å². The molecule has 0 fully saturated rings. The molecule has 0 radical (unpaired) electrons. The van der Waals surface area contributed by atoms with E-state index in [1.807, 2.05) is 0 Å². The summed E-state index contributed by atoms with van der Waals surface area (Å²) in [6.45, 7) is -1.99. The average molecular weight is 431 g/mol. The van der Waals surface area contributed by atoms with Gasteiger partial charge in [-0.15, -0.1) is 0 Å². The second kappa shape index (κ2) is 8.90. The number of nitrogens with one attached hydrogen (secondary N) is 4. The summed E-state index contributed by atoms with van der Waals surface area (Å²) in [4.78, 5) is 24.8. The maximum atomic E-state index is 13.0. The molecular formula is C21H20F3N5O2. The van der Waals surface area contributed by atoms with E-state index in [9.17, 15) is 22.8 Å². The highest BCUT2D eigenvalue weighted by Crippen LogP contribution is 2.26. The van der Waals surface area contributed by atoms with Gasteiger partial charge in [0.05, 0.1) is 11.1 Å². The highest BCUT2D eigenvalue weighted by atomic mass is 19.4. The number of hydrogen-bond donors (Lipinski definition) is 4. The summed E-state index contributed by atoms with van der Waals surface area (Å²) in [6, 6.07) is 12.1. The highest BCUT2D eigenvalue weighted by Gasteiger charge is 2.27. The van der Waals surface area contributed by atoms with E-state index in [0.717, 1.165) is 10.3 Å². The Morgan fingerprint density at radius 3 is 2.61 bits per heavy atom. The highest BCUT2D eigenvalue weighted by molar-refractivity contribution is 5.95. The second-order valence-electron chi connectivity index (χ2n) is 6.73. The molecule has 0 aliphatic heterocycles. The normalized spacial score (nSPS) is 11.2. The Kier molecular flexibility index (Phi) is 6.28. The minimum Gasteiger partial charge on any atom is -0.388 e. The number of rotatable bonds is 7. The fourth-order valence-electron chi connectivity index (χ4n) is 3.11. The zero-order valence-electron chi connectivity index (χ0n) is 16.5. The van der Waals surface area contributed by atoms with E-state index < -0.39 is 30.7 Å². The lowest BCUT2D eigenvalue weighted by molar-refractivity contribution is -0.138. The average Bonchev–Trinajstić information content (AvgIpc) is 2.73. The molecule has 0 unspecified atom stereocenters. The van der Waals surface area contributed by atoms with Crippen molar-refractivity contribution >= 4 is 40.0 Å². The van der Waals surface area contributed by atoms with Crippen LogP contribution in [0.5, 0.6) is 0 Å². The largest absolute Gasteiger partial charge is 0.405 e. The molecule has 1 heterocycles. The summed E-state index contributed by atoms with van der Waals surface area (Å²) >= 11 is 0. The van der Waals surface area contributed by atoms with Gasteiger partial charge in [0.2, 0.25) is 5.91 Å². The third-order valence-electron chi connectivity index (χ3n) is 4.56. The van der Waals surface area contributed by atoms with Crippen LogP contribution in [0.15, 0.2) is 53.5 Å². The quantitative estimate of drug-likeness (QED) is 0.431. The van der Waals surface area contributed by atoms with Crippen molar-refractivity contribution in [1.82, 2.24) is 9.88 Å². The van der Waals surface area contributed by atoms with Gasteiger partial charge in [-0.3, -0.25) is 9.59 Å². The zero-order chi connectivity index (χ0) is 22.6. The van der Waals surface area contributed by atoms with Crippen LogP contribution in [0.2, 0.25) is 0 Å². The van der Waals surface area contributed by atoms with Gasteiger partial charge in [0.15, 0.2) is 0 Å². The number of halogens is 3. The van der Waals surface area contributed by atoms with Crippen molar-refractivity contribution in [2.24, 2.45) is 0 Å². The van der Waals surface area contributed by atoms with Gasteiger partial charge < -0.3 is 25.9 Å². The Balaban J connectivity index is 1.93. The van der Waals surface area contributed by atoms with Gasteiger partial charge in [0, 0.05) is 36.4 Å². The third kappa shape index (κ3) is 5.21. The van der Waals surface area contributed by atoms with Gasteiger partial charge in [-0.05, 0) is 35.7 Å². The number of carbonyl (C=O) groups is 1. The van der Waals surface area contributed by atoms with Crippen LogP contribution in [0.4, 0.5) is 30.2 Å². The van der Waals surface area contributed by atoms with E-state index in [1.165, 1.54) is 12.4 Å². The lowest BCUT2D eigenvalue weighted by atomic mass is 10.1. The Morgan fingerprint density at radius 2 is 1.94 bits per heavy atom. The maximum absolute atomic E-state index is 13.0. The van der Waals surface area contributed by atoms with Crippen molar-refractivity contribution in [3.8, 4) is 0 Å². The van der Waals surface area contributed by atoms with Crippen molar-refractivity contribution < 1.29 is 18.0 Å². The van der Waals surface area contributed by atoms with E-state index in [2.05, 4.69) is 10.6 Å². The number of amides is 1. The van der Waals surface area contributed by atoms with Crippen molar-refractivity contribution in [2.45, 2.75) is 12.7 Å². The molecule has 0 atom stereocenters. The van der Waals surface area contributed by atoms with Crippen molar-refractivity contribution in [3.63, 3.8) is 0 Å². The molecule has 7 nitrogen and oxygen atoms in total. The molecule has 1 amide bonds. The van der Waals surface area contributed by atoms with Crippen LogP contribution < -0.4 is 21.5 Å². The fraction of sp³-hybridized carbons (Fsp3) is 0.190. The molecule has 3 rings (SSSR count). The molecule has 0 saturated heterocycles. The Hall–Kier alpha value is -3.82. The monoisotopic (exact) mass is 431 g/mol. The SMILES string of the molecule is CNc1ccc(Nc2cccc3ccn(CC(=O)NCC(F)(F)F)c(=O)c23)cc1C=N. The molecule has 162 valence electrons. The number of fused-ring (bicyclic) bond motifs is 1. The second-order valence-corrected chi connectivity index (χ2v) is 6.73. The molecule has 31 heavy (non-hydrogen) atoms. The van der Waals surface area contributed by atoms with E-state index in [-0.39, 0.29) is 0 Å². The molecule has 10 heteroatoms. The van der Waals surface area contributed by atoms with Crippen LogP contribution in [-0.4, -0.2) is 36.5 Å². The number of benzene rings is 2. The lowest BCUT2D eigenvalue weighted by Gasteiger charge is -2.14. The number of hydrogen-bond acceptors (Lipinski definition) is 5. The van der Waals surface area contributed by atoms with E-state index >= 15 is 0 Å². The smallest absolute Gasteiger partial charge is 0.388 e. The first-order chi connectivity index (χ1) is 14.7. The van der Waals surface area contributed by atoms with E-state index in [1.54, 1.807) is 54.8 Å². The molecule has 4 N–H and O–H groups in total. The molecule has 0 saturated carbocycles. The Bertz CT molecular complexity index is 1190. The first-order valence-corrected chi connectivity index (χ1v) is 9.27. The van der Waals surface area contributed by atoms with Gasteiger partial charge in [0.1, 0.15) is 13.1 Å². The number of aromatic nitrogens is 1. The van der Waals surface area contributed by atoms with E-state index in [0.29, 0.717) is 27.7 Å². The van der Waals surface area contributed by atoms with Crippen LogP contribution >= 0.6 is 0 Å². The molecule has 0 aliphatic rings. The minimum atomic E-state index is -4.53. The molecule has 0 aliphatic carbocycles. The van der Waals surface area contributed by atoms with Crippen molar-refractivity contribution in [2.75, 3.05) is 24.2 Å². The summed E-state index contributed by atoms with van der Waals surface area (Å²) in [5, 5.41) is 16.3. The van der Waals surface area contributed by atoms with Gasteiger partial charge in [-0.25, -0.2) is 0 Å². The fourth-order valence-corrected chi connectivity index (χ4v) is 3.11. The summed E-state index contributed by atoms with van der Waals surface area (Å²) in [7, 11) is 1.74. The number of pyridine rings is 1. The topological polar surface area (TPSA) is 99.0 Å². The van der Waals surface area contributed by atoms with Crippen molar-refractivity contribution in [1.29, 1.82) is 5.41 Å². The van der Waals surface area contributed by atoms with Gasteiger partial charge >= 0.3 is 6.18 Å². The van der Waals surface area contributed by atoms with Crippen LogP contribution in [0, 0.1) is 5.41 Å². The molecule has 1 aromatic heterocycles. The lowest BCUT2D eigenvalue weighted by Crippen LogP contribution is -2.37. The first-order valence-electron chi connectivity index (χ1n) is 9.27. The number of carbonyl (C=O) groups excluding carboxylic acids is 1. The van der Waals surface area contributed by atoms with Gasteiger partial charge in [0.25, 0.3) is 5.56 Å². The van der Waals surface area contributed by atoms with Crippen LogP contribution in [0.25, 0.3) is 10.8 Å². The summed E-state index contributed by atoms with van der Waals surface area (Å²) in [6.07, 6.45) is -1.96. The predicted molar refractivity (Wildman–Crippen MR) is 114 cm³/mol. The minimum absolute atomic E-state index is 0.294. The number of alkyl halides is 3. The van der Waals surface area contributed by atoms with E-state index in [4.69, 9.17) is 5.41 Å². The summed E-state index contributed by atoms with van der Waals surface area (Å²) in [5.74, 6) is -0.914. The first kappa shape index (κ1) is 21.9. The molecule has 2 aromatic carbocycles. The Labute approximate surface area is 175 Å². The van der Waals surface area contributed by atoms with Crippen LogP contribution in [-0.2, 0) is 11.3 Å². The zero-order valence-corrected chi connectivity index (χ0v) is 16.5. The molecule has 3 aromatic rings. The molecular weight excluding hydrogens is 411 g/mol. The maximum Gasteiger partial charge on any atom is 0.405 e. The standard InChI is InChI=1S/C21H20F3N5O2/c1-26-16-6-5-15(9-14(16)10-25)28-17-4-2-3-13-7-8-29(20(31)19(13)17)11-18(30)27-12-21(22,23)24/h2-10,25-26,28H,11-12H2,1H3,(H,27,30).